The number of rotatable bonds is 5. The molecule has 0 bridgehead atoms. The van der Waals surface area contributed by atoms with Crippen molar-refractivity contribution in [1.29, 1.82) is 0 Å². The molecular weight excluding hydrogens is 460 g/mol. The smallest absolute Gasteiger partial charge is 0.368 e. The van der Waals surface area contributed by atoms with Crippen molar-refractivity contribution in [2.45, 2.75) is 32.2 Å². The summed E-state index contributed by atoms with van der Waals surface area (Å²) in [6, 6.07) is 6.31. The lowest BCUT2D eigenvalue weighted by Crippen LogP contribution is -2.13. The number of pyridine rings is 1. The molecule has 0 amide bonds. The molecule has 2 aromatic heterocycles. The minimum absolute atomic E-state index is 0.00834. The third-order valence-electron chi connectivity index (χ3n) is 3.97. The Balaban J connectivity index is 2.06. The standard InChI is InChI=1S/C20H16ClF6N5/c1-10(2)29-16-9-17(30-14-3-4-28-15(8-14)20(25,26)27)32-18(31-16)11-5-12(19(22,23)24)7-13(21)6-11/h3-10H,1-2H3,(H2,28,29,30,31,32). The molecule has 170 valence electrons. The highest BCUT2D eigenvalue weighted by atomic mass is 35.5. The third kappa shape index (κ3) is 6.00. The van der Waals surface area contributed by atoms with Crippen LogP contribution < -0.4 is 10.6 Å². The molecule has 12 heteroatoms. The van der Waals surface area contributed by atoms with Gasteiger partial charge in [0.25, 0.3) is 0 Å². The Morgan fingerprint density at radius 1 is 0.875 bits per heavy atom. The second-order valence-corrected chi connectivity index (χ2v) is 7.48. The Morgan fingerprint density at radius 3 is 2.19 bits per heavy atom. The maximum atomic E-state index is 13.2. The zero-order valence-corrected chi connectivity index (χ0v) is 17.4. The maximum absolute atomic E-state index is 13.2. The minimum Gasteiger partial charge on any atom is -0.368 e. The molecule has 0 aliphatic heterocycles. The Bertz CT molecular complexity index is 1110. The van der Waals surface area contributed by atoms with Crippen molar-refractivity contribution in [2.75, 3.05) is 10.6 Å². The molecule has 0 fully saturated rings. The molecular formula is C20H16ClF6N5. The SMILES string of the molecule is CC(C)Nc1cc(Nc2ccnc(C(F)(F)F)c2)nc(-c2cc(Cl)cc(C(F)(F)F)c2)n1. The summed E-state index contributed by atoms with van der Waals surface area (Å²) in [5.41, 5.74) is -2.06. The van der Waals surface area contributed by atoms with E-state index in [-0.39, 0.29) is 39.8 Å². The Morgan fingerprint density at radius 2 is 1.56 bits per heavy atom. The highest BCUT2D eigenvalue weighted by Gasteiger charge is 2.33. The third-order valence-corrected chi connectivity index (χ3v) is 4.19. The van der Waals surface area contributed by atoms with Crippen LogP contribution in [-0.4, -0.2) is 21.0 Å². The van der Waals surface area contributed by atoms with Crippen molar-refractivity contribution >= 4 is 28.9 Å². The van der Waals surface area contributed by atoms with E-state index in [4.69, 9.17) is 11.6 Å². The molecule has 3 rings (SSSR count). The first-order valence-corrected chi connectivity index (χ1v) is 9.53. The van der Waals surface area contributed by atoms with Crippen LogP contribution in [0.1, 0.15) is 25.1 Å². The number of hydrogen-bond acceptors (Lipinski definition) is 5. The van der Waals surface area contributed by atoms with Gasteiger partial charge in [-0.3, -0.25) is 4.98 Å². The first-order valence-electron chi connectivity index (χ1n) is 9.15. The molecule has 0 saturated carbocycles. The molecule has 3 aromatic rings. The van der Waals surface area contributed by atoms with Crippen molar-refractivity contribution < 1.29 is 26.3 Å². The predicted octanol–water partition coefficient (Wildman–Crippen LogP) is 6.79. The average Bonchev–Trinajstić information content (AvgIpc) is 2.65. The maximum Gasteiger partial charge on any atom is 0.433 e. The van der Waals surface area contributed by atoms with Gasteiger partial charge >= 0.3 is 12.4 Å². The van der Waals surface area contributed by atoms with Gasteiger partial charge in [0.05, 0.1) is 5.56 Å². The van der Waals surface area contributed by atoms with Crippen LogP contribution in [0.25, 0.3) is 11.4 Å². The van der Waals surface area contributed by atoms with Gasteiger partial charge in [0.2, 0.25) is 0 Å². The van der Waals surface area contributed by atoms with Gasteiger partial charge in [-0.15, -0.1) is 0 Å². The van der Waals surface area contributed by atoms with E-state index < -0.39 is 23.6 Å². The van der Waals surface area contributed by atoms with E-state index in [9.17, 15) is 26.3 Å². The summed E-state index contributed by atoms with van der Waals surface area (Å²) in [6.45, 7) is 3.63. The molecule has 0 saturated heterocycles. The number of hydrogen-bond donors (Lipinski definition) is 2. The molecule has 5 nitrogen and oxygen atoms in total. The Kier molecular flexibility index (Phi) is 6.49. The fourth-order valence-corrected chi connectivity index (χ4v) is 2.94. The number of anilines is 3. The van der Waals surface area contributed by atoms with Gasteiger partial charge in [-0.05, 0) is 44.2 Å². The van der Waals surface area contributed by atoms with E-state index in [1.807, 2.05) is 13.8 Å². The van der Waals surface area contributed by atoms with Gasteiger partial charge in [-0.2, -0.15) is 26.3 Å². The summed E-state index contributed by atoms with van der Waals surface area (Å²) >= 11 is 5.86. The van der Waals surface area contributed by atoms with E-state index >= 15 is 0 Å². The molecule has 32 heavy (non-hydrogen) atoms. The lowest BCUT2D eigenvalue weighted by molar-refractivity contribution is -0.141. The number of nitrogens with zero attached hydrogens (tertiary/aromatic N) is 3. The molecule has 0 spiro atoms. The second kappa shape index (κ2) is 8.81. The molecule has 2 N–H and O–H groups in total. The van der Waals surface area contributed by atoms with Crippen LogP contribution in [0.5, 0.6) is 0 Å². The topological polar surface area (TPSA) is 62.7 Å². The zero-order valence-electron chi connectivity index (χ0n) is 16.6. The van der Waals surface area contributed by atoms with Crippen LogP contribution in [0.15, 0.2) is 42.6 Å². The number of alkyl halides is 6. The fraction of sp³-hybridized carbons (Fsp3) is 0.250. The monoisotopic (exact) mass is 475 g/mol. The van der Waals surface area contributed by atoms with Crippen molar-refractivity contribution in [2.24, 2.45) is 0 Å². The highest BCUT2D eigenvalue weighted by Crippen LogP contribution is 2.35. The first kappa shape index (κ1) is 23.6. The molecule has 1 aromatic carbocycles. The van der Waals surface area contributed by atoms with Gasteiger partial charge in [-0.1, -0.05) is 11.6 Å². The fourth-order valence-electron chi connectivity index (χ4n) is 2.70. The predicted molar refractivity (Wildman–Crippen MR) is 109 cm³/mol. The van der Waals surface area contributed by atoms with E-state index in [1.54, 1.807) is 0 Å². The van der Waals surface area contributed by atoms with Crippen molar-refractivity contribution in [3.63, 3.8) is 0 Å². The van der Waals surface area contributed by atoms with Gasteiger partial charge < -0.3 is 10.6 Å². The molecule has 0 unspecified atom stereocenters. The summed E-state index contributed by atoms with van der Waals surface area (Å²) < 4.78 is 78.4. The summed E-state index contributed by atoms with van der Waals surface area (Å²) in [6.07, 6.45) is -8.31. The van der Waals surface area contributed by atoms with Crippen LogP contribution in [0.4, 0.5) is 43.7 Å². The summed E-state index contributed by atoms with van der Waals surface area (Å²) in [5, 5.41) is 5.54. The normalized spacial score (nSPS) is 12.2. The quantitative estimate of drug-likeness (QED) is 0.398. The largest absolute Gasteiger partial charge is 0.433 e. The number of halogens is 7. The van der Waals surface area contributed by atoms with Crippen LogP contribution in [-0.2, 0) is 12.4 Å². The van der Waals surface area contributed by atoms with E-state index in [1.165, 1.54) is 18.2 Å². The molecule has 0 aliphatic rings. The molecule has 0 radical (unpaired) electrons. The van der Waals surface area contributed by atoms with Crippen molar-refractivity contribution in [3.8, 4) is 11.4 Å². The van der Waals surface area contributed by atoms with Crippen molar-refractivity contribution in [1.82, 2.24) is 15.0 Å². The Hall–Kier alpha value is -3.08. The van der Waals surface area contributed by atoms with Crippen LogP contribution in [0.3, 0.4) is 0 Å². The average molecular weight is 476 g/mol. The highest BCUT2D eigenvalue weighted by molar-refractivity contribution is 6.30. The van der Waals surface area contributed by atoms with Gasteiger partial charge in [0.15, 0.2) is 5.82 Å². The van der Waals surface area contributed by atoms with Crippen LogP contribution in [0.2, 0.25) is 5.02 Å². The molecule has 0 aliphatic carbocycles. The van der Waals surface area contributed by atoms with E-state index in [0.717, 1.165) is 24.4 Å². The van der Waals surface area contributed by atoms with E-state index in [0.29, 0.717) is 0 Å². The van der Waals surface area contributed by atoms with Gasteiger partial charge in [0.1, 0.15) is 17.3 Å². The lowest BCUT2D eigenvalue weighted by atomic mass is 10.1. The zero-order chi connectivity index (χ0) is 23.7. The Labute approximate surface area is 183 Å². The number of benzene rings is 1. The number of aromatic nitrogens is 3. The minimum atomic E-state index is -4.65. The molecule has 0 atom stereocenters. The van der Waals surface area contributed by atoms with Gasteiger partial charge in [0, 0.05) is 34.6 Å². The van der Waals surface area contributed by atoms with Crippen LogP contribution in [0, 0.1) is 0 Å². The first-order chi connectivity index (χ1) is 14.8. The molecule has 2 heterocycles. The summed E-state index contributed by atoms with van der Waals surface area (Å²) in [5.74, 6) is 0.216. The second-order valence-electron chi connectivity index (χ2n) is 7.04. The number of nitrogens with one attached hydrogen (secondary N) is 2. The van der Waals surface area contributed by atoms with E-state index in [2.05, 4.69) is 25.6 Å². The van der Waals surface area contributed by atoms with Crippen molar-refractivity contribution in [3.05, 3.63) is 58.9 Å². The summed E-state index contributed by atoms with van der Waals surface area (Å²) in [7, 11) is 0. The van der Waals surface area contributed by atoms with Crippen LogP contribution >= 0.6 is 11.6 Å². The lowest BCUT2D eigenvalue weighted by Gasteiger charge is -2.15. The summed E-state index contributed by atoms with van der Waals surface area (Å²) in [4.78, 5) is 11.7. The van der Waals surface area contributed by atoms with Gasteiger partial charge in [-0.25, -0.2) is 9.97 Å².